The van der Waals surface area contributed by atoms with Crippen molar-refractivity contribution in [3.05, 3.63) is 48.0 Å². The molecule has 0 N–H and O–H groups in total. The first-order valence-corrected chi connectivity index (χ1v) is 8.23. The van der Waals surface area contributed by atoms with Gasteiger partial charge < -0.3 is 4.74 Å². The van der Waals surface area contributed by atoms with E-state index in [-0.39, 0.29) is 19.6 Å². The molecule has 1 aromatic carbocycles. The van der Waals surface area contributed by atoms with Gasteiger partial charge in [-0.05, 0) is 5.56 Å². The Morgan fingerprint density at radius 1 is 1.21 bits per heavy atom. The van der Waals surface area contributed by atoms with Crippen LogP contribution in [0.25, 0.3) is 0 Å². The van der Waals surface area contributed by atoms with Gasteiger partial charge in [-0.2, -0.15) is 21.6 Å². The zero-order chi connectivity index (χ0) is 17.8. The number of carbonyl (C=O) groups excluding carboxylic acids is 1. The van der Waals surface area contributed by atoms with Crippen LogP contribution in [0.4, 0.5) is 18.0 Å². The zero-order valence-corrected chi connectivity index (χ0v) is 13.1. The third kappa shape index (κ3) is 4.48. The maximum absolute atomic E-state index is 12.4. The van der Waals surface area contributed by atoms with Crippen LogP contribution in [-0.4, -0.2) is 37.7 Å². The van der Waals surface area contributed by atoms with Crippen LogP contribution in [0.1, 0.15) is 12.0 Å². The SMILES string of the molecule is O=C(OCc1ccccc1)N1CC=CCC1OS(=O)(=O)C(F)(F)F. The van der Waals surface area contributed by atoms with Gasteiger partial charge in [0.2, 0.25) is 0 Å². The number of hydrogen-bond acceptors (Lipinski definition) is 5. The molecule has 0 radical (unpaired) electrons. The molecule has 1 amide bonds. The summed E-state index contributed by atoms with van der Waals surface area (Å²) in [6.45, 7) is -0.218. The third-order valence-electron chi connectivity index (χ3n) is 3.11. The van der Waals surface area contributed by atoms with Crippen molar-refractivity contribution < 1.29 is 35.3 Å². The van der Waals surface area contributed by atoms with E-state index in [0.29, 0.717) is 5.56 Å². The average Bonchev–Trinajstić information content (AvgIpc) is 2.52. The molecule has 1 unspecified atom stereocenters. The van der Waals surface area contributed by atoms with Gasteiger partial charge in [0.15, 0.2) is 6.23 Å². The summed E-state index contributed by atoms with van der Waals surface area (Å²) in [5.41, 5.74) is -4.88. The van der Waals surface area contributed by atoms with Gasteiger partial charge in [0.25, 0.3) is 0 Å². The summed E-state index contributed by atoms with van der Waals surface area (Å²) in [5, 5.41) is 0. The Morgan fingerprint density at radius 2 is 1.88 bits per heavy atom. The Morgan fingerprint density at radius 3 is 2.50 bits per heavy atom. The number of rotatable bonds is 4. The molecule has 0 spiro atoms. The van der Waals surface area contributed by atoms with Crippen molar-refractivity contribution in [2.75, 3.05) is 6.54 Å². The first-order valence-electron chi connectivity index (χ1n) is 6.82. The Bertz CT molecular complexity index is 703. The van der Waals surface area contributed by atoms with Crippen LogP contribution in [0.15, 0.2) is 42.5 Å². The highest BCUT2D eigenvalue weighted by Gasteiger charge is 2.49. The topological polar surface area (TPSA) is 72.9 Å². The molecule has 0 saturated heterocycles. The third-order valence-corrected chi connectivity index (χ3v) is 4.16. The second kappa shape index (κ2) is 7.22. The van der Waals surface area contributed by atoms with E-state index in [4.69, 9.17) is 4.74 Å². The second-order valence-corrected chi connectivity index (χ2v) is 6.41. The van der Waals surface area contributed by atoms with Crippen molar-refractivity contribution >= 4 is 16.2 Å². The largest absolute Gasteiger partial charge is 0.523 e. The maximum atomic E-state index is 12.4. The number of halogens is 3. The van der Waals surface area contributed by atoms with Crippen molar-refractivity contribution in [1.82, 2.24) is 4.90 Å². The second-order valence-electron chi connectivity index (χ2n) is 4.85. The fraction of sp³-hybridized carbons (Fsp3) is 0.357. The van der Waals surface area contributed by atoms with Crippen LogP contribution >= 0.6 is 0 Å². The van der Waals surface area contributed by atoms with E-state index in [1.807, 2.05) is 0 Å². The first-order chi connectivity index (χ1) is 11.2. The summed E-state index contributed by atoms with van der Waals surface area (Å²) in [6.07, 6.45) is 0.160. The van der Waals surface area contributed by atoms with Gasteiger partial charge in [-0.3, -0.25) is 4.90 Å². The van der Waals surface area contributed by atoms with Gasteiger partial charge in [0, 0.05) is 13.0 Å². The average molecular weight is 365 g/mol. The predicted octanol–water partition coefficient (Wildman–Crippen LogP) is 2.78. The predicted molar refractivity (Wildman–Crippen MR) is 76.9 cm³/mol. The molecule has 0 aromatic heterocycles. The molecular weight excluding hydrogens is 351 g/mol. The zero-order valence-electron chi connectivity index (χ0n) is 12.3. The standard InChI is InChI=1S/C14H14F3NO5S/c15-14(16,17)24(20,21)23-12-8-4-5-9-18(12)13(19)22-10-11-6-2-1-3-7-11/h1-7,12H,8-10H2. The van der Waals surface area contributed by atoms with Crippen molar-refractivity contribution in [3.63, 3.8) is 0 Å². The summed E-state index contributed by atoms with van der Waals surface area (Å²) in [5.74, 6) is 0. The van der Waals surface area contributed by atoms with Crippen LogP contribution in [0, 0.1) is 0 Å². The monoisotopic (exact) mass is 365 g/mol. The van der Waals surface area contributed by atoms with Crippen LogP contribution in [0.3, 0.4) is 0 Å². The number of carbonyl (C=O) groups is 1. The van der Waals surface area contributed by atoms with Gasteiger partial charge in [-0.1, -0.05) is 42.5 Å². The first kappa shape index (κ1) is 18.3. The van der Waals surface area contributed by atoms with E-state index < -0.39 is 27.9 Å². The van der Waals surface area contributed by atoms with Crippen LogP contribution in [0.5, 0.6) is 0 Å². The quantitative estimate of drug-likeness (QED) is 0.466. The van der Waals surface area contributed by atoms with E-state index in [9.17, 15) is 26.4 Å². The molecule has 2 rings (SSSR count). The lowest BCUT2D eigenvalue weighted by Crippen LogP contribution is -2.46. The summed E-state index contributed by atoms with van der Waals surface area (Å²) in [4.78, 5) is 12.8. The highest BCUT2D eigenvalue weighted by atomic mass is 32.2. The van der Waals surface area contributed by atoms with Gasteiger partial charge >= 0.3 is 21.7 Å². The fourth-order valence-corrected chi connectivity index (χ4v) is 2.52. The van der Waals surface area contributed by atoms with E-state index in [1.165, 1.54) is 12.2 Å². The lowest BCUT2D eigenvalue weighted by molar-refractivity contribution is -0.0662. The molecule has 1 heterocycles. The highest BCUT2D eigenvalue weighted by molar-refractivity contribution is 7.87. The van der Waals surface area contributed by atoms with E-state index in [0.717, 1.165) is 4.90 Å². The summed E-state index contributed by atoms with van der Waals surface area (Å²) in [6, 6.07) is 8.63. The molecule has 6 nitrogen and oxygen atoms in total. The highest BCUT2D eigenvalue weighted by Crippen LogP contribution is 2.28. The number of hydrogen-bond donors (Lipinski definition) is 0. The van der Waals surface area contributed by atoms with Crippen molar-refractivity contribution in [2.45, 2.75) is 24.8 Å². The lowest BCUT2D eigenvalue weighted by Gasteiger charge is -2.31. The number of amides is 1. The minimum Gasteiger partial charge on any atom is -0.444 e. The Hall–Kier alpha value is -2.07. The van der Waals surface area contributed by atoms with E-state index in [1.54, 1.807) is 30.3 Å². The molecule has 1 aliphatic heterocycles. The molecular formula is C14H14F3NO5S. The number of benzene rings is 1. The van der Waals surface area contributed by atoms with Crippen LogP contribution in [-0.2, 0) is 25.6 Å². The molecule has 1 atom stereocenters. The normalized spacial score (nSPS) is 18.5. The van der Waals surface area contributed by atoms with Crippen molar-refractivity contribution in [1.29, 1.82) is 0 Å². The van der Waals surface area contributed by atoms with E-state index in [2.05, 4.69) is 4.18 Å². The molecule has 0 saturated carbocycles. The number of nitrogens with zero attached hydrogens (tertiary/aromatic N) is 1. The van der Waals surface area contributed by atoms with Crippen molar-refractivity contribution in [3.8, 4) is 0 Å². The molecule has 1 aliphatic rings. The minimum absolute atomic E-state index is 0.0986. The molecule has 0 bridgehead atoms. The van der Waals surface area contributed by atoms with Gasteiger partial charge in [0.05, 0.1) is 0 Å². The van der Waals surface area contributed by atoms with Crippen LogP contribution < -0.4 is 0 Å². The Labute approximate surface area is 136 Å². The minimum atomic E-state index is -5.81. The molecule has 24 heavy (non-hydrogen) atoms. The molecule has 10 heteroatoms. The number of alkyl halides is 3. The summed E-state index contributed by atoms with van der Waals surface area (Å²) < 4.78 is 68.6. The van der Waals surface area contributed by atoms with Crippen molar-refractivity contribution in [2.24, 2.45) is 0 Å². The number of ether oxygens (including phenoxy) is 1. The maximum Gasteiger partial charge on any atom is 0.523 e. The van der Waals surface area contributed by atoms with Gasteiger partial charge in [0.1, 0.15) is 6.61 Å². The lowest BCUT2D eigenvalue weighted by atomic mass is 10.2. The van der Waals surface area contributed by atoms with Gasteiger partial charge in [-0.15, -0.1) is 0 Å². The summed E-state index contributed by atoms with van der Waals surface area (Å²) in [7, 11) is -5.81. The van der Waals surface area contributed by atoms with Crippen LogP contribution in [0.2, 0.25) is 0 Å². The molecule has 0 fully saturated rings. The fourth-order valence-electron chi connectivity index (χ4n) is 1.93. The Kier molecular flexibility index (Phi) is 5.50. The molecule has 0 aliphatic carbocycles. The summed E-state index contributed by atoms with van der Waals surface area (Å²) >= 11 is 0. The smallest absolute Gasteiger partial charge is 0.444 e. The molecule has 1 aromatic rings. The van der Waals surface area contributed by atoms with Gasteiger partial charge in [-0.25, -0.2) is 8.98 Å². The Balaban J connectivity index is 2.04. The van der Waals surface area contributed by atoms with E-state index >= 15 is 0 Å². The molecule has 132 valence electrons.